The third kappa shape index (κ3) is 1.98. The molecule has 0 heterocycles. The molecule has 0 aromatic carbocycles. The first-order chi connectivity index (χ1) is 4.50. The van der Waals surface area contributed by atoms with Crippen molar-refractivity contribution in [3.63, 3.8) is 0 Å². The molecule has 0 bridgehead atoms. The van der Waals surface area contributed by atoms with Crippen LogP contribution in [-0.2, 0) is 0 Å². The summed E-state index contributed by atoms with van der Waals surface area (Å²) in [6.45, 7) is 0. The molecule has 0 aromatic heterocycles. The quantitative estimate of drug-likeness (QED) is 0.556. The van der Waals surface area contributed by atoms with E-state index in [1.807, 2.05) is 0 Å². The summed E-state index contributed by atoms with van der Waals surface area (Å²) in [5.41, 5.74) is 0. The van der Waals surface area contributed by atoms with E-state index in [1.165, 1.54) is 0 Å². The molecule has 0 spiro atoms. The van der Waals surface area contributed by atoms with E-state index >= 15 is 0 Å². The van der Waals surface area contributed by atoms with Gasteiger partial charge in [0.05, 0.1) is 0 Å². The number of hydrogen-bond acceptors (Lipinski definition) is 1. The summed E-state index contributed by atoms with van der Waals surface area (Å²) in [5, 5.41) is 7.66. The first-order valence-electron chi connectivity index (χ1n) is 2.05. The van der Waals surface area contributed by atoms with Crippen LogP contribution in [0.5, 0.6) is 0 Å². The van der Waals surface area contributed by atoms with Crippen LogP contribution in [-0.4, -0.2) is 22.0 Å². The first-order valence-corrected chi connectivity index (χ1v) is 2.84. The second-order valence-corrected chi connectivity index (χ2v) is 2.66. The Kier molecular flexibility index (Phi) is 2.52. The Labute approximate surface area is 65.1 Å². The highest BCUT2D eigenvalue weighted by Crippen LogP contribution is 2.46. The summed E-state index contributed by atoms with van der Waals surface area (Å²) >= 11 is 1.15. The molecule has 0 rings (SSSR count). The minimum Gasteiger partial charge on any atom is -0.348 e. The third-order valence-corrected chi connectivity index (χ3v) is 1.23. The van der Waals surface area contributed by atoms with E-state index in [0.29, 0.717) is 0 Å². The van der Waals surface area contributed by atoms with Gasteiger partial charge in [-0.1, -0.05) is 0 Å². The van der Waals surface area contributed by atoms with Crippen LogP contribution in [0, 0.1) is 0 Å². The van der Waals surface area contributed by atoms with Crippen LogP contribution in [0.3, 0.4) is 0 Å². The minimum atomic E-state index is -6.12. The highest BCUT2D eigenvalue weighted by atomic mass is 79.9. The Morgan fingerprint density at radius 2 is 1.18 bits per heavy atom. The second-order valence-electron chi connectivity index (χ2n) is 1.61. The Bertz CT molecular complexity index is 129. The van der Waals surface area contributed by atoms with Crippen molar-refractivity contribution < 1.29 is 31.4 Å². The van der Waals surface area contributed by atoms with E-state index in [-0.39, 0.29) is 0 Å². The molecular formula is C3HBrF6O. The van der Waals surface area contributed by atoms with Crippen LogP contribution < -0.4 is 0 Å². The summed E-state index contributed by atoms with van der Waals surface area (Å²) < 4.78 is 63.6. The molecule has 11 heavy (non-hydrogen) atoms. The summed E-state index contributed by atoms with van der Waals surface area (Å²) in [5.74, 6) is -5.82. The van der Waals surface area contributed by atoms with Gasteiger partial charge in [-0.15, -0.1) is 0 Å². The van der Waals surface area contributed by atoms with Crippen molar-refractivity contribution in [1.29, 1.82) is 0 Å². The van der Waals surface area contributed by atoms with E-state index in [9.17, 15) is 26.3 Å². The van der Waals surface area contributed by atoms with Gasteiger partial charge in [-0.2, -0.15) is 26.3 Å². The summed E-state index contributed by atoms with van der Waals surface area (Å²) in [7, 11) is 0. The van der Waals surface area contributed by atoms with Gasteiger partial charge >= 0.3 is 16.9 Å². The molecule has 68 valence electrons. The smallest absolute Gasteiger partial charge is 0.348 e. The lowest BCUT2D eigenvalue weighted by molar-refractivity contribution is -0.342. The van der Waals surface area contributed by atoms with Gasteiger partial charge < -0.3 is 5.11 Å². The van der Waals surface area contributed by atoms with E-state index in [1.54, 1.807) is 0 Å². The van der Waals surface area contributed by atoms with Gasteiger partial charge in [0.15, 0.2) is 0 Å². The van der Waals surface area contributed by atoms with Crippen LogP contribution in [0.2, 0.25) is 0 Å². The predicted molar refractivity (Wildman–Crippen MR) is 26.0 cm³/mol. The molecule has 8 heteroatoms. The first kappa shape index (κ1) is 11.0. The normalized spacial score (nSPS) is 19.6. The molecule has 0 fully saturated rings. The van der Waals surface area contributed by atoms with Crippen molar-refractivity contribution in [1.82, 2.24) is 0 Å². The average Bonchev–Trinajstić information content (AvgIpc) is 1.58. The van der Waals surface area contributed by atoms with Crippen molar-refractivity contribution in [2.45, 2.75) is 16.9 Å². The SMILES string of the molecule is OC(F)(Br)C(F)(F)C(F)(F)F. The topological polar surface area (TPSA) is 20.2 Å². The Balaban J connectivity index is 4.75. The van der Waals surface area contributed by atoms with Gasteiger partial charge in [-0.25, -0.2) is 0 Å². The summed E-state index contributed by atoms with van der Waals surface area (Å²) in [6, 6.07) is 0. The lowest BCUT2D eigenvalue weighted by Gasteiger charge is -2.24. The largest absolute Gasteiger partial charge is 0.460 e. The van der Waals surface area contributed by atoms with Crippen LogP contribution >= 0.6 is 15.9 Å². The third-order valence-electron chi connectivity index (χ3n) is 0.734. The Morgan fingerprint density at radius 1 is 0.909 bits per heavy atom. The maximum Gasteiger partial charge on any atom is 0.460 e. The standard InChI is InChI=1S/C3HBrF6O/c4-2(7,11)1(5,6)3(8,9)10/h11H. The molecule has 0 amide bonds. The molecule has 0 aliphatic carbocycles. The van der Waals surface area contributed by atoms with Crippen LogP contribution in [0.15, 0.2) is 0 Å². The van der Waals surface area contributed by atoms with Crippen LogP contribution in [0.1, 0.15) is 0 Å². The second kappa shape index (κ2) is 2.51. The molecule has 1 N–H and O–H groups in total. The molecule has 1 nitrogen and oxygen atoms in total. The maximum atomic E-state index is 11.7. The van der Waals surface area contributed by atoms with Gasteiger partial charge in [0.1, 0.15) is 0 Å². The van der Waals surface area contributed by atoms with Crippen molar-refractivity contribution in [2.75, 3.05) is 0 Å². The number of aliphatic hydroxyl groups is 1. The zero-order chi connectivity index (χ0) is 9.50. The Hall–Kier alpha value is 0.0200. The highest BCUT2D eigenvalue weighted by Gasteiger charge is 2.70. The molecule has 0 saturated carbocycles. The Morgan fingerprint density at radius 3 is 1.18 bits per heavy atom. The van der Waals surface area contributed by atoms with Gasteiger partial charge in [-0.3, -0.25) is 0 Å². The number of halogens is 7. The number of hydrogen-bond donors (Lipinski definition) is 1. The lowest BCUT2D eigenvalue weighted by atomic mass is 10.3. The maximum absolute atomic E-state index is 11.7. The number of alkyl halides is 7. The van der Waals surface area contributed by atoms with Crippen LogP contribution in [0.4, 0.5) is 26.3 Å². The van der Waals surface area contributed by atoms with Gasteiger partial charge in [0.2, 0.25) is 0 Å². The molecule has 0 aromatic rings. The molecule has 0 saturated heterocycles. The van der Waals surface area contributed by atoms with E-state index in [2.05, 4.69) is 0 Å². The summed E-state index contributed by atoms with van der Waals surface area (Å²) in [4.78, 5) is 0. The zero-order valence-electron chi connectivity index (χ0n) is 4.59. The fourth-order valence-electron chi connectivity index (χ4n) is 0.171. The molecule has 0 radical (unpaired) electrons. The van der Waals surface area contributed by atoms with E-state index in [4.69, 9.17) is 5.11 Å². The molecule has 0 aliphatic heterocycles. The average molecular weight is 247 g/mol. The zero-order valence-corrected chi connectivity index (χ0v) is 6.18. The molecular weight excluding hydrogens is 246 g/mol. The van der Waals surface area contributed by atoms with Gasteiger partial charge in [0.25, 0.3) is 0 Å². The monoisotopic (exact) mass is 246 g/mol. The van der Waals surface area contributed by atoms with Gasteiger partial charge in [-0.05, 0) is 15.9 Å². The fraction of sp³-hybridized carbons (Fsp3) is 1.00. The lowest BCUT2D eigenvalue weighted by Crippen LogP contribution is -2.50. The molecule has 1 atom stereocenters. The predicted octanol–water partition coefficient (Wildman–Crippen LogP) is 2.19. The van der Waals surface area contributed by atoms with Gasteiger partial charge in [0, 0.05) is 0 Å². The van der Waals surface area contributed by atoms with E-state index in [0.717, 1.165) is 15.9 Å². The number of rotatable bonds is 1. The molecule has 1 unspecified atom stereocenters. The van der Waals surface area contributed by atoms with Crippen molar-refractivity contribution in [3.05, 3.63) is 0 Å². The summed E-state index contributed by atoms with van der Waals surface area (Å²) in [6.07, 6.45) is -6.12. The molecule has 0 aliphatic rings. The van der Waals surface area contributed by atoms with Crippen LogP contribution in [0.25, 0.3) is 0 Å². The van der Waals surface area contributed by atoms with Crippen molar-refractivity contribution in [3.8, 4) is 0 Å². The van der Waals surface area contributed by atoms with E-state index < -0.39 is 16.9 Å². The van der Waals surface area contributed by atoms with Crippen molar-refractivity contribution in [2.24, 2.45) is 0 Å². The van der Waals surface area contributed by atoms with Crippen molar-refractivity contribution >= 4 is 15.9 Å². The minimum absolute atomic E-state index is 1.15. The fourth-order valence-corrected chi connectivity index (χ4v) is 0.395. The highest BCUT2D eigenvalue weighted by molar-refractivity contribution is 9.10.